The van der Waals surface area contributed by atoms with Gasteiger partial charge in [0, 0.05) is 29.3 Å². The first kappa shape index (κ1) is 27.5. The van der Waals surface area contributed by atoms with Crippen molar-refractivity contribution in [3.8, 4) is 17.2 Å². The van der Waals surface area contributed by atoms with Crippen LogP contribution >= 0.6 is 0 Å². The Morgan fingerprint density at radius 2 is 1.77 bits per heavy atom. The highest BCUT2D eigenvalue weighted by molar-refractivity contribution is 5.73. The molecule has 1 aliphatic rings. The number of nitrogens with zero attached hydrogens (tertiary/aromatic N) is 1. The van der Waals surface area contributed by atoms with Crippen molar-refractivity contribution in [3.05, 3.63) is 47.3 Å². The van der Waals surface area contributed by atoms with Gasteiger partial charge in [-0.05, 0) is 19.1 Å². The third-order valence-electron chi connectivity index (χ3n) is 4.55. The van der Waals surface area contributed by atoms with E-state index in [9.17, 15) is 31.1 Å². The van der Waals surface area contributed by atoms with E-state index in [1.807, 2.05) is 0 Å². The Bertz CT molecular complexity index is 1060. The van der Waals surface area contributed by atoms with E-state index in [1.54, 1.807) is 25.1 Å². The van der Waals surface area contributed by atoms with Crippen molar-refractivity contribution < 1.29 is 60.4 Å². The number of aliphatic carboxylic acids is 2. The van der Waals surface area contributed by atoms with Gasteiger partial charge in [-0.1, -0.05) is 6.07 Å². The Morgan fingerprint density at radius 3 is 2.34 bits per heavy atom. The lowest BCUT2D eigenvalue weighted by Gasteiger charge is -2.14. The molecule has 0 spiro atoms. The number of carboxylic acid groups (broad SMARTS) is 2. The fourth-order valence-corrected chi connectivity index (χ4v) is 2.90. The normalized spacial score (nSPS) is 14.8. The summed E-state index contributed by atoms with van der Waals surface area (Å²) >= 11 is 0. The van der Waals surface area contributed by atoms with Gasteiger partial charge in [-0.25, -0.2) is 4.79 Å². The Labute approximate surface area is 194 Å². The fourth-order valence-electron chi connectivity index (χ4n) is 2.90. The summed E-state index contributed by atoms with van der Waals surface area (Å²) in [6.45, 7) is 0.564. The highest BCUT2D eigenvalue weighted by Crippen LogP contribution is 2.38. The topological polar surface area (TPSA) is 115 Å². The van der Waals surface area contributed by atoms with E-state index in [0.717, 1.165) is 5.56 Å². The van der Waals surface area contributed by atoms with Crippen LogP contribution in [-0.4, -0.2) is 52.7 Å². The number of fused-ring (bicyclic) bond motifs is 1. The predicted octanol–water partition coefficient (Wildman–Crippen LogP) is 4.49. The maximum absolute atomic E-state index is 12.3. The summed E-state index contributed by atoms with van der Waals surface area (Å²) in [6.07, 6.45) is -8.16. The molecule has 3 rings (SSSR count). The van der Waals surface area contributed by atoms with Gasteiger partial charge in [-0.3, -0.25) is 9.78 Å². The number of aromatic nitrogens is 1. The molecule has 35 heavy (non-hydrogen) atoms. The molecule has 1 unspecified atom stereocenters. The molecular weight excluding hydrogens is 492 g/mol. The van der Waals surface area contributed by atoms with Gasteiger partial charge in [0.2, 0.25) is 0 Å². The lowest BCUT2D eigenvalue weighted by atomic mass is 9.98. The Balaban J connectivity index is 0.000000540. The second-order valence-corrected chi connectivity index (χ2v) is 7.18. The lowest BCUT2D eigenvalue weighted by Crippen LogP contribution is -2.21. The number of ether oxygens (including phenoxy) is 3. The number of hydrogen-bond acceptors (Lipinski definition) is 6. The molecule has 2 heterocycles. The number of carboxylic acids is 2. The third kappa shape index (κ3) is 8.54. The molecule has 0 saturated carbocycles. The summed E-state index contributed by atoms with van der Waals surface area (Å²) in [5, 5.41) is 16.1. The number of benzene rings is 1. The Kier molecular flexibility index (Phi) is 8.77. The van der Waals surface area contributed by atoms with E-state index in [1.165, 1.54) is 12.3 Å². The minimum absolute atomic E-state index is 0.0129. The molecule has 1 atom stereocenters. The summed E-state index contributed by atoms with van der Waals surface area (Å²) < 4.78 is 84.8. The monoisotopic (exact) mass is 511 g/mol. The van der Waals surface area contributed by atoms with E-state index in [-0.39, 0.29) is 24.7 Å². The van der Waals surface area contributed by atoms with Crippen LogP contribution in [0.3, 0.4) is 0 Å². The lowest BCUT2D eigenvalue weighted by molar-refractivity contribution is -0.192. The van der Waals surface area contributed by atoms with Crippen LogP contribution in [0.25, 0.3) is 0 Å². The van der Waals surface area contributed by atoms with E-state index in [0.29, 0.717) is 29.4 Å². The van der Waals surface area contributed by atoms with Gasteiger partial charge in [-0.15, -0.1) is 0 Å². The van der Waals surface area contributed by atoms with Crippen molar-refractivity contribution in [1.82, 2.24) is 4.98 Å². The summed E-state index contributed by atoms with van der Waals surface area (Å²) in [5.74, 6) is -2.70. The molecule has 14 heteroatoms. The molecule has 0 fully saturated rings. The minimum Gasteiger partial charge on any atom is -0.492 e. The van der Waals surface area contributed by atoms with Crippen LogP contribution in [0.15, 0.2) is 30.5 Å². The number of pyridine rings is 1. The second-order valence-electron chi connectivity index (χ2n) is 7.18. The van der Waals surface area contributed by atoms with Crippen molar-refractivity contribution in [3.63, 3.8) is 0 Å². The van der Waals surface area contributed by atoms with Crippen LogP contribution in [0.5, 0.6) is 17.2 Å². The molecule has 1 aromatic carbocycles. The van der Waals surface area contributed by atoms with E-state index in [2.05, 4.69) is 4.98 Å². The average molecular weight is 511 g/mol. The summed E-state index contributed by atoms with van der Waals surface area (Å²) in [5.41, 5.74) is 1.72. The quantitative estimate of drug-likeness (QED) is 0.523. The number of carbonyl (C=O) groups is 2. The first-order valence-electron chi connectivity index (χ1n) is 9.73. The van der Waals surface area contributed by atoms with Crippen LogP contribution in [0, 0.1) is 6.92 Å². The first-order chi connectivity index (χ1) is 16.2. The summed E-state index contributed by atoms with van der Waals surface area (Å²) in [7, 11) is 0. The van der Waals surface area contributed by atoms with Crippen LogP contribution in [0.2, 0.25) is 0 Å². The van der Waals surface area contributed by atoms with Crippen molar-refractivity contribution in [2.75, 3.05) is 13.2 Å². The van der Waals surface area contributed by atoms with Crippen LogP contribution < -0.4 is 14.2 Å². The van der Waals surface area contributed by atoms with E-state index < -0.39 is 30.9 Å². The molecule has 2 N–H and O–H groups in total. The van der Waals surface area contributed by atoms with Crippen molar-refractivity contribution in [2.45, 2.75) is 38.2 Å². The van der Waals surface area contributed by atoms with E-state index in [4.69, 9.17) is 29.2 Å². The zero-order chi connectivity index (χ0) is 26.4. The Hall–Kier alpha value is -3.71. The molecule has 0 saturated heterocycles. The second kappa shape index (κ2) is 11.1. The van der Waals surface area contributed by atoms with E-state index >= 15 is 0 Å². The largest absolute Gasteiger partial charge is 0.492 e. The molecule has 1 aliphatic heterocycles. The number of alkyl halides is 6. The highest BCUT2D eigenvalue weighted by atomic mass is 19.4. The van der Waals surface area contributed by atoms with Crippen LogP contribution in [-0.2, 0) is 16.2 Å². The molecule has 0 amide bonds. The van der Waals surface area contributed by atoms with Gasteiger partial charge in [0.25, 0.3) is 0 Å². The predicted molar refractivity (Wildman–Crippen MR) is 105 cm³/mol. The smallest absolute Gasteiger partial charge is 0.490 e. The summed E-state index contributed by atoms with van der Waals surface area (Å²) in [4.78, 5) is 23.9. The van der Waals surface area contributed by atoms with Crippen molar-refractivity contribution in [2.24, 2.45) is 0 Å². The molecule has 0 aliphatic carbocycles. The van der Waals surface area contributed by atoms with Crippen molar-refractivity contribution >= 4 is 11.9 Å². The fraction of sp³-hybridized carbons (Fsp3) is 0.381. The van der Waals surface area contributed by atoms with Crippen LogP contribution in [0.1, 0.15) is 29.2 Å². The molecule has 0 bridgehead atoms. The van der Waals surface area contributed by atoms with Crippen molar-refractivity contribution in [1.29, 1.82) is 0 Å². The average Bonchev–Trinajstić information content (AvgIpc) is 3.12. The molecule has 192 valence electrons. The standard InChI is InChI=1S/C19H18F3NO5.C2HF3O2/c1-11-15(23-5-4-16(11)28-10-19(20,21)22)9-26-13-2-3-14-12(6-18(24)25)8-27-17(14)7-13;3-2(4,5)1(6)7/h2-5,7,12H,6,8-10H2,1H3,(H,24,25);(H,6,7). The SMILES string of the molecule is Cc1c(OCC(F)(F)F)ccnc1COc1ccc2c(c1)OCC2CC(=O)O.O=C(O)C(F)(F)F. The highest BCUT2D eigenvalue weighted by Gasteiger charge is 2.38. The molecule has 2 aromatic rings. The molecular formula is C21H19F6NO7. The van der Waals surface area contributed by atoms with Gasteiger partial charge >= 0.3 is 24.3 Å². The first-order valence-corrected chi connectivity index (χ1v) is 9.73. The third-order valence-corrected chi connectivity index (χ3v) is 4.55. The zero-order valence-corrected chi connectivity index (χ0v) is 17.9. The number of rotatable bonds is 7. The van der Waals surface area contributed by atoms with Gasteiger partial charge in [0.05, 0.1) is 18.7 Å². The summed E-state index contributed by atoms with van der Waals surface area (Å²) in [6, 6.07) is 6.49. The zero-order valence-electron chi connectivity index (χ0n) is 17.9. The number of halogens is 6. The van der Waals surface area contributed by atoms with Gasteiger partial charge in [0.1, 0.15) is 23.9 Å². The molecule has 1 aromatic heterocycles. The maximum Gasteiger partial charge on any atom is 0.490 e. The minimum atomic E-state index is -5.08. The maximum atomic E-state index is 12.3. The number of hydrogen-bond donors (Lipinski definition) is 2. The van der Waals surface area contributed by atoms with Gasteiger partial charge in [0.15, 0.2) is 6.61 Å². The van der Waals surface area contributed by atoms with Crippen LogP contribution in [0.4, 0.5) is 26.3 Å². The molecule has 0 radical (unpaired) electrons. The van der Waals surface area contributed by atoms with Gasteiger partial charge < -0.3 is 24.4 Å². The Morgan fingerprint density at radius 1 is 1.11 bits per heavy atom. The molecule has 8 nitrogen and oxygen atoms in total. The van der Waals surface area contributed by atoms with Gasteiger partial charge in [-0.2, -0.15) is 26.3 Å².